The van der Waals surface area contributed by atoms with Crippen LogP contribution in [0, 0.1) is 0 Å². The molecule has 0 saturated heterocycles. The molecule has 112 valence electrons. The Hall–Kier alpha value is -1.78. The first kappa shape index (κ1) is 16.6. The zero-order valence-electron chi connectivity index (χ0n) is 12.2. The van der Waals surface area contributed by atoms with E-state index in [9.17, 15) is 4.79 Å². The Morgan fingerprint density at radius 3 is 2.55 bits per heavy atom. The van der Waals surface area contributed by atoms with Gasteiger partial charge in [0.2, 0.25) is 0 Å². The number of nitrogens with one attached hydrogen (secondary N) is 1. The average molecular weight is 374 g/mol. The number of hydrogen-bond donors (Lipinski definition) is 1. The van der Waals surface area contributed by atoms with Gasteiger partial charge in [0.1, 0.15) is 0 Å². The second kappa shape index (κ2) is 8.01. The van der Waals surface area contributed by atoms with Gasteiger partial charge in [-0.25, -0.2) is 0 Å². The molecule has 0 fully saturated rings. The first-order valence-corrected chi connectivity index (χ1v) is 8.38. The number of rotatable bonds is 5. The highest BCUT2D eigenvalue weighted by atomic mass is 79.9. The van der Waals surface area contributed by atoms with Gasteiger partial charge in [-0.2, -0.15) is 0 Å². The molecule has 22 heavy (non-hydrogen) atoms. The summed E-state index contributed by atoms with van der Waals surface area (Å²) in [5.74, 6) is -0.176. The summed E-state index contributed by atoms with van der Waals surface area (Å²) < 4.78 is 1.03. The van der Waals surface area contributed by atoms with Crippen molar-refractivity contribution in [1.82, 2.24) is 5.32 Å². The lowest BCUT2D eigenvalue weighted by molar-refractivity contribution is -0.116. The van der Waals surface area contributed by atoms with Gasteiger partial charge < -0.3 is 5.32 Å². The topological polar surface area (TPSA) is 29.1 Å². The standard InChI is InChI=1S/C18H16BrNOS/c1-13(2)18(21)20-17(14-7-4-3-5-8-14)12-22-16-10-6-9-15(19)11-16/h3-12H,1H2,2H3,(H,20,21). The van der Waals surface area contributed by atoms with Crippen molar-refractivity contribution in [1.29, 1.82) is 0 Å². The van der Waals surface area contributed by atoms with Crippen LogP contribution in [0.5, 0.6) is 0 Å². The molecule has 0 spiro atoms. The van der Waals surface area contributed by atoms with Gasteiger partial charge in [0, 0.05) is 20.3 Å². The summed E-state index contributed by atoms with van der Waals surface area (Å²) >= 11 is 5.01. The number of benzene rings is 2. The van der Waals surface area contributed by atoms with Gasteiger partial charge in [-0.05, 0) is 30.7 Å². The Bertz CT molecular complexity index is 710. The Labute approximate surface area is 143 Å². The minimum Gasteiger partial charge on any atom is -0.321 e. The molecule has 0 unspecified atom stereocenters. The normalized spacial score (nSPS) is 11.1. The second-order valence-electron chi connectivity index (χ2n) is 4.71. The molecule has 0 aliphatic carbocycles. The van der Waals surface area contributed by atoms with Gasteiger partial charge in [-0.1, -0.05) is 70.7 Å². The van der Waals surface area contributed by atoms with Crippen molar-refractivity contribution in [3.05, 3.63) is 82.2 Å². The van der Waals surface area contributed by atoms with E-state index >= 15 is 0 Å². The van der Waals surface area contributed by atoms with Crippen LogP contribution >= 0.6 is 27.7 Å². The summed E-state index contributed by atoms with van der Waals surface area (Å²) in [4.78, 5) is 13.0. The Morgan fingerprint density at radius 2 is 1.91 bits per heavy atom. The van der Waals surface area contributed by atoms with Crippen molar-refractivity contribution in [2.45, 2.75) is 11.8 Å². The Morgan fingerprint density at radius 1 is 1.18 bits per heavy atom. The molecule has 0 saturated carbocycles. The van der Waals surface area contributed by atoms with E-state index in [1.54, 1.807) is 18.7 Å². The molecular weight excluding hydrogens is 358 g/mol. The van der Waals surface area contributed by atoms with Crippen LogP contribution in [0.25, 0.3) is 5.70 Å². The predicted octanol–water partition coefficient (Wildman–Crippen LogP) is 5.23. The smallest absolute Gasteiger partial charge is 0.250 e. The zero-order valence-corrected chi connectivity index (χ0v) is 14.6. The molecule has 1 amide bonds. The van der Waals surface area contributed by atoms with E-state index < -0.39 is 0 Å². The Balaban J connectivity index is 2.25. The third kappa shape index (κ3) is 4.90. The van der Waals surface area contributed by atoms with Crippen molar-refractivity contribution < 1.29 is 4.79 Å². The average Bonchev–Trinajstić information content (AvgIpc) is 2.52. The maximum Gasteiger partial charge on any atom is 0.250 e. The lowest BCUT2D eigenvalue weighted by atomic mass is 10.1. The number of carbonyl (C=O) groups excluding carboxylic acids is 1. The minimum atomic E-state index is -0.176. The van der Waals surface area contributed by atoms with E-state index in [1.807, 2.05) is 60.0 Å². The van der Waals surface area contributed by atoms with Gasteiger partial charge in [0.25, 0.3) is 5.91 Å². The highest BCUT2D eigenvalue weighted by Gasteiger charge is 2.07. The molecule has 0 aliphatic heterocycles. The summed E-state index contributed by atoms with van der Waals surface area (Å²) in [6, 6.07) is 17.8. The van der Waals surface area contributed by atoms with Crippen LogP contribution in [0.15, 0.2) is 81.5 Å². The highest BCUT2D eigenvalue weighted by molar-refractivity contribution is 9.10. The molecule has 0 aliphatic rings. The zero-order chi connectivity index (χ0) is 15.9. The fourth-order valence-electron chi connectivity index (χ4n) is 1.68. The van der Waals surface area contributed by atoms with E-state index in [-0.39, 0.29) is 5.91 Å². The maximum atomic E-state index is 11.9. The number of amides is 1. The second-order valence-corrected chi connectivity index (χ2v) is 6.57. The fourth-order valence-corrected chi connectivity index (χ4v) is 3.04. The third-order valence-electron chi connectivity index (χ3n) is 2.83. The largest absolute Gasteiger partial charge is 0.321 e. The van der Waals surface area contributed by atoms with E-state index in [0.29, 0.717) is 5.57 Å². The molecule has 0 atom stereocenters. The van der Waals surface area contributed by atoms with Crippen LogP contribution in [-0.4, -0.2) is 5.91 Å². The molecular formula is C18H16BrNOS. The molecule has 1 N–H and O–H groups in total. The molecule has 2 rings (SSSR count). The third-order valence-corrected chi connectivity index (χ3v) is 4.20. The Kier molecular flexibility index (Phi) is 6.04. The number of halogens is 1. The van der Waals surface area contributed by atoms with Gasteiger partial charge in [-0.3, -0.25) is 4.79 Å². The molecule has 2 nitrogen and oxygen atoms in total. The van der Waals surface area contributed by atoms with Crippen LogP contribution in [0.2, 0.25) is 0 Å². The van der Waals surface area contributed by atoms with Crippen molar-refractivity contribution in [2.75, 3.05) is 0 Å². The lowest BCUT2D eigenvalue weighted by Gasteiger charge is -2.10. The summed E-state index contributed by atoms with van der Waals surface area (Å²) in [6.45, 7) is 5.37. The first-order chi connectivity index (χ1) is 10.6. The van der Waals surface area contributed by atoms with Gasteiger partial charge in [-0.15, -0.1) is 0 Å². The van der Waals surface area contributed by atoms with Gasteiger partial charge in [0.15, 0.2) is 0 Å². The van der Waals surface area contributed by atoms with Gasteiger partial charge in [0.05, 0.1) is 5.70 Å². The summed E-state index contributed by atoms with van der Waals surface area (Å²) in [5.41, 5.74) is 2.20. The van der Waals surface area contributed by atoms with Crippen LogP contribution in [-0.2, 0) is 4.79 Å². The summed E-state index contributed by atoms with van der Waals surface area (Å²) in [5, 5.41) is 4.85. The first-order valence-electron chi connectivity index (χ1n) is 6.71. The van der Waals surface area contributed by atoms with Crippen LogP contribution in [0.1, 0.15) is 12.5 Å². The number of hydrogen-bond acceptors (Lipinski definition) is 2. The van der Waals surface area contributed by atoms with E-state index in [0.717, 1.165) is 20.6 Å². The van der Waals surface area contributed by atoms with Crippen molar-refractivity contribution >= 4 is 39.3 Å². The van der Waals surface area contributed by atoms with Crippen LogP contribution < -0.4 is 5.32 Å². The van der Waals surface area contributed by atoms with Crippen molar-refractivity contribution in [2.24, 2.45) is 0 Å². The molecule has 0 bridgehead atoms. The lowest BCUT2D eigenvalue weighted by Crippen LogP contribution is -2.22. The SMILES string of the molecule is C=C(C)C(=O)NC(=CSc1cccc(Br)c1)c1ccccc1. The summed E-state index contributed by atoms with van der Waals surface area (Å²) in [6.07, 6.45) is 0. The minimum absolute atomic E-state index is 0.176. The molecule has 0 radical (unpaired) electrons. The van der Waals surface area contributed by atoms with Crippen LogP contribution in [0.4, 0.5) is 0 Å². The molecule has 2 aromatic carbocycles. The highest BCUT2D eigenvalue weighted by Crippen LogP contribution is 2.26. The fraction of sp³-hybridized carbons (Fsp3) is 0.0556. The number of thioether (sulfide) groups is 1. The maximum absolute atomic E-state index is 11.9. The van der Waals surface area contributed by atoms with E-state index in [4.69, 9.17) is 0 Å². The monoisotopic (exact) mass is 373 g/mol. The molecule has 4 heteroatoms. The summed E-state index contributed by atoms with van der Waals surface area (Å²) in [7, 11) is 0. The predicted molar refractivity (Wildman–Crippen MR) is 97.4 cm³/mol. The van der Waals surface area contributed by atoms with Crippen LogP contribution in [0.3, 0.4) is 0 Å². The molecule has 0 aromatic heterocycles. The van der Waals surface area contributed by atoms with E-state index in [1.165, 1.54) is 0 Å². The van der Waals surface area contributed by atoms with E-state index in [2.05, 4.69) is 27.8 Å². The molecule has 2 aromatic rings. The van der Waals surface area contributed by atoms with Crippen molar-refractivity contribution in [3.63, 3.8) is 0 Å². The van der Waals surface area contributed by atoms with Crippen molar-refractivity contribution in [3.8, 4) is 0 Å². The quantitative estimate of drug-likeness (QED) is 0.573. The number of carbonyl (C=O) groups is 1. The molecule has 0 heterocycles. The van der Waals surface area contributed by atoms with Gasteiger partial charge >= 0.3 is 0 Å².